The molecule has 5 rings (SSSR count). The Morgan fingerprint density at radius 1 is 0.964 bits per heavy atom. The second-order valence-corrected chi connectivity index (χ2v) is 8.32. The summed E-state index contributed by atoms with van der Waals surface area (Å²) >= 11 is 0. The molecule has 1 aromatic carbocycles. The summed E-state index contributed by atoms with van der Waals surface area (Å²) in [6, 6.07) is 17.4. The van der Waals surface area contributed by atoms with Crippen LogP contribution >= 0.6 is 0 Å². The molecule has 2 aliphatic heterocycles. The van der Waals surface area contributed by atoms with Gasteiger partial charge in [0.05, 0.1) is 11.4 Å². The molecular weight excluding hydrogens is 344 g/mol. The summed E-state index contributed by atoms with van der Waals surface area (Å²) in [5, 5.41) is 0. The molecule has 1 fully saturated rings. The molecule has 4 nitrogen and oxygen atoms in total. The largest absolute Gasteiger partial charge is 0.365 e. The van der Waals surface area contributed by atoms with Crippen LogP contribution in [0.3, 0.4) is 0 Å². The Morgan fingerprint density at radius 3 is 2.71 bits per heavy atom. The van der Waals surface area contributed by atoms with Gasteiger partial charge in [0.2, 0.25) is 0 Å². The molecule has 4 heteroatoms. The first-order chi connectivity index (χ1) is 13.7. The van der Waals surface area contributed by atoms with Gasteiger partial charge in [0, 0.05) is 50.2 Å². The monoisotopic (exact) mass is 370 g/mol. The van der Waals surface area contributed by atoms with E-state index in [-0.39, 0.29) is 5.41 Å². The highest BCUT2D eigenvalue weighted by Crippen LogP contribution is 2.45. The molecule has 4 heterocycles. The van der Waals surface area contributed by atoms with E-state index in [0.29, 0.717) is 0 Å². The van der Waals surface area contributed by atoms with Crippen molar-refractivity contribution >= 4 is 5.69 Å². The number of rotatable bonds is 4. The molecule has 1 saturated heterocycles. The van der Waals surface area contributed by atoms with E-state index in [2.05, 4.69) is 64.2 Å². The molecule has 3 aromatic rings. The van der Waals surface area contributed by atoms with Crippen LogP contribution in [0.1, 0.15) is 28.8 Å². The number of hydrogen-bond donors (Lipinski definition) is 0. The number of hydrogen-bond acceptors (Lipinski definition) is 4. The average molecular weight is 371 g/mol. The highest BCUT2D eigenvalue weighted by molar-refractivity contribution is 5.60. The first kappa shape index (κ1) is 17.4. The molecule has 2 aromatic heterocycles. The van der Waals surface area contributed by atoms with Crippen LogP contribution in [0, 0.1) is 6.92 Å². The minimum Gasteiger partial charge on any atom is -0.365 e. The summed E-state index contributed by atoms with van der Waals surface area (Å²) in [5.74, 6) is 0. The number of anilines is 1. The van der Waals surface area contributed by atoms with Gasteiger partial charge in [-0.3, -0.25) is 14.9 Å². The van der Waals surface area contributed by atoms with E-state index >= 15 is 0 Å². The summed E-state index contributed by atoms with van der Waals surface area (Å²) in [6.07, 6.45) is 6.94. The van der Waals surface area contributed by atoms with E-state index < -0.39 is 0 Å². The molecule has 1 atom stereocenters. The van der Waals surface area contributed by atoms with Crippen molar-refractivity contribution in [3.63, 3.8) is 0 Å². The lowest BCUT2D eigenvalue weighted by Gasteiger charge is -2.26. The third-order valence-electron chi connectivity index (χ3n) is 6.14. The number of fused-ring (bicyclic) bond motifs is 2. The zero-order chi connectivity index (χ0) is 19.0. The molecule has 28 heavy (non-hydrogen) atoms. The first-order valence-corrected chi connectivity index (χ1v) is 10.1. The van der Waals surface area contributed by atoms with Gasteiger partial charge in [-0.15, -0.1) is 0 Å². The third-order valence-corrected chi connectivity index (χ3v) is 6.14. The maximum atomic E-state index is 4.86. The fourth-order valence-electron chi connectivity index (χ4n) is 4.92. The number of aryl methyl sites for hydroxylation is 1. The summed E-state index contributed by atoms with van der Waals surface area (Å²) in [7, 11) is 0. The van der Waals surface area contributed by atoms with Crippen molar-refractivity contribution < 1.29 is 0 Å². The Kier molecular flexibility index (Phi) is 4.36. The lowest BCUT2D eigenvalue weighted by Crippen LogP contribution is -2.36. The molecule has 0 saturated carbocycles. The Bertz CT molecular complexity index is 971. The fourth-order valence-corrected chi connectivity index (χ4v) is 4.92. The Balaban J connectivity index is 1.38. The molecule has 0 N–H and O–H groups in total. The van der Waals surface area contributed by atoms with Gasteiger partial charge < -0.3 is 4.90 Å². The van der Waals surface area contributed by atoms with Gasteiger partial charge in [0.15, 0.2) is 0 Å². The molecule has 1 spiro atoms. The van der Waals surface area contributed by atoms with Crippen molar-refractivity contribution in [2.75, 3.05) is 24.5 Å². The zero-order valence-electron chi connectivity index (χ0n) is 16.4. The van der Waals surface area contributed by atoms with Gasteiger partial charge in [-0.1, -0.05) is 35.9 Å². The van der Waals surface area contributed by atoms with Crippen molar-refractivity contribution in [3.8, 4) is 0 Å². The van der Waals surface area contributed by atoms with E-state index in [0.717, 1.165) is 32.7 Å². The second-order valence-electron chi connectivity index (χ2n) is 8.32. The zero-order valence-corrected chi connectivity index (χ0v) is 16.4. The van der Waals surface area contributed by atoms with E-state index in [1.165, 1.54) is 34.5 Å². The van der Waals surface area contributed by atoms with Crippen LogP contribution < -0.4 is 4.90 Å². The van der Waals surface area contributed by atoms with Crippen molar-refractivity contribution in [2.24, 2.45) is 0 Å². The molecule has 0 aliphatic carbocycles. The molecule has 0 radical (unpaired) electrons. The van der Waals surface area contributed by atoms with E-state index in [1.807, 2.05) is 24.7 Å². The van der Waals surface area contributed by atoms with Gasteiger partial charge in [-0.2, -0.15) is 0 Å². The lowest BCUT2D eigenvalue weighted by molar-refractivity contribution is 0.305. The normalized spacial score (nSPS) is 21.4. The molecule has 2 aliphatic rings. The molecule has 0 unspecified atom stereocenters. The third kappa shape index (κ3) is 3.18. The Hall–Kier alpha value is -2.72. The summed E-state index contributed by atoms with van der Waals surface area (Å²) in [5.41, 5.74) is 6.71. The van der Waals surface area contributed by atoms with Crippen LogP contribution in [0.4, 0.5) is 5.69 Å². The van der Waals surface area contributed by atoms with Gasteiger partial charge >= 0.3 is 0 Å². The predicted octanol–water partition coefficient (Wildman–Crippen LogP) is 3.95. The fraction of sp³-hybridized carbons (Fsp3) is 0.333. The van der Waals surface area contributed by atoms with Crippen LogP contribution in [0.25, 0.3) is 0 Å². The van der Waals surface area contributed by atoms with Gasteiger partial charge in [-0.05, 0) is 49.2 Å². The quantitative estimate of drug-likeness (QED) is 0.696. The predicted molar refractivity (Wildman–Crippen MR) is 112 cm³/mol. The summed E-state index contributed by atoms with van der Waals surface area (Å²) in [4.78, 5) is 14.2. The van der Waals surface area contributed by atoms with E-state index in [1.54, 1.807) is 0 Å². The topological polar surface area (TPSA) is 32.3 Å². The number of pyridine rings is 2. The van der Waals surface area contributed by atoms with Crippen molar-refractivity contribution in [1.29, 1.82) is 0 Å². The van der Waals surface area contributed by atoms with Gasteiger partial charge in [0.25, 0.3) is 0 Å². The standard InChI is InChI=1S/C24H26N4/c1-19-5-2-6-20(13-19)15-27-12-9-24(17-27)18-28(16-21-7-3-10-25-14-21)22-8-4-11-26-23(22)24/h2-8,10-11,13-14H,9,12,15-18H2,1H3/t24-/m0/s1. The van der Waals surface area contributed by atoms with Crippen LogP contribution in [0.5, 0.6) is 0 Å². The highest BCUT2D eigenvalue weighted by Gasteiger charge is 2.48. The molecule has 0 bridgehead atoms. The number of aromatic nitrogens is 2. The van der Waals surface area contributed by atoms with Crippen LogP contribution in [-0.4, -0.2) is 34.5 Å². The first-order valence-electron chi connectivity index (χ1n) is 10.1. The Morgan fingerprint density at radius 2 is 1.86 bits per heavy atom. The smallest absolute Gasteiger partial charge is 0.0729 e. The van der Waals surface area contributed by atoms with Crippen molar-refractivity contribution in [1.82, 2.24) is 14.9 Å². The summed E-state index contributed by atoms with van der Waals surface area (Å²) < 4.78 is 0. The highest BCUT2D eigenvalue weighted by atomic mass is 15.2. The van der Waals surface area contributed by atoms with Crippen molar-refractivity contribution in [2.45, 2.75) is 31.8 Å². The molecule has 0 amide bonds. The summed E-state index contributed by atoms with van der Waals surface area (Å²) in [6.45, 7) is 7.33. The van der Waals surface area contributed by atoms with Crippen molar-refractivity contribution in [3.05, 3.63) is 89.5 Å². The lowest BCUT2D eigenvalue weighted by atomic mass is 9.85. The molecule has 142 valence electrons. The van der Waals surface area contributed by atoms with Crippen LogP contribution in [-0.2, 0) is 18.5 Å². The SMILES string of the molecule is Cc1cccc(CN2CC[C@]3(C2)CN(Cc2cccnc2)c2cccnc23)c1. The van der Waals surface area contributed by atoms with E-state index in [9.17, 15) is 0 Å². The average Bonchev–Trinajstić information content (AvgIpc) is 3.25. The van der Waals surface area contributed by atoms with E-state index in [4.69, 9.17) is 4.98 Å². The van der Waals surface area contributed by atoms with Gasteiger partial charge in [-0.25, -0.2) is 0 Å². The minimum atomic E-state index is 0.141. The number of likely N-dealkylation sites (tertiary alicyclic amines) is 1. The maximum absolute atomic E-state index is 4.86. The van der Waals surface area contributed by atoms with Crippen LogP contribution in [0.15, 0.2) is 67.1 Å². The van der Waals surface area contributed by atoms with Crippen LogP contribution in [0.2, 0.25) is 0 Å². The Labute approximate surface area is 166 Å². The van der Waals surface area contributed by atoms with Gasteiger partial charge in [0.1, 0.15) is 0 Å². The maximum Gasteiger partial charge on any atom is 0.0729 e. The number of benzene rings is 1. The number of nitrogens with zero attached hydrogens (tertiary/aromatic N) is 4. The second kappa shape index (κ2) is 7.02. The molecular formula is C24H26N4. The minimum absolute atomic E-state index is 0.141.